The van der Waals surface area contributed by atoms with Crippen molar-refractivity contribution >= 4 is 28.2 Å². The zero-order chi connectivity index (χ0) is 26.9. The van der Waals surface area contributed by atoms with Crippen molar-refractivity contribution in [3.05, 3.63) is 46.2 Å². The van der Waals surface area contributed by atoms with Crippen LogP contribution >= 0.6 is 0 Å². The van der Waals surface area contributed by atoms with E-state index in [9.17, 15) is 9.59 Å². The largest absolute Gasteiger partial charge is 0.368 e. The summed E-state index contributed by atoms with van der Waals surface area (Å²) in [6, 6.07) is 2.48. The SMILES string of the molecule is CCN(c1c(C)c(C(=O)CCC2=C(C)C=C(C)CC2=O)cc2c1cnn2C)C1CCC(CN(C)C)CC1. The van der Waals surface area contributed by atoms with Crippen LogP contribution < -0.4 is 4.90 Å². The molecule has 37 heavy (non-hydrogen) atoms. The Bertz CT molecular complexity index is 1240. The third-order valence-electron chi connectivity index (χ3n) is 8.41. The van der Waals surface area contributed by atoms with Crippen LogP contribution in [0.15, 0.2) is 35.1 Å². The first-order valence-electron chi connectivity index (χ1n) is 13.9. The molecule has 0 radical (unpaired) electrons. The van der Waals surface area contributed by atoms with Gasteiger partial charge in [0.05, 0.1) is 17.4 Å². The minimum atomic E-state index is 0.104. The van der Waals surface area contributed by atoms with Crippen LogP contribution in [0.1, 0.15) is 81.6 Å². The molecule has 0 atom stereocenters. The standard InChI is InChI=1S/C31H44N4O2/c1-8-35(24-11-9-23(10-12-24)19-33(5)6)31-22(4)26(17-28-27(31)18-32-34(28)7)29(36)14-13-25-21(3)15-20(2)16-30(25)37/h15,17-18,23-24H,8-14,16,19H2,1-7H3. The lowest BCUT2D eigenvalue weighted by Crippen LogP contribution is -2.40. The lowest BCUT2D eigenvalue weighted by molar-refractivity contribution is -0.115. The fourth-order valence-corrected chi connectivity index (χ4v) is 6.59. The molecule has 1 heterocycles. The molecule has 2 aliphatic rings. The molecule has 0 amide bonds. The summed E-state index contributed by atoms with van der Waals surface area (Å²) in [5, 5.41) is 5.69. The van der Waals surface area contributed by atoms with Gasteiger partial charge >= 0.3 is 0 Å². The number of benzene rings is 1. The van der Waals surface area contributed by atoms with Crippen LogP contribution in [0.25, 0.3) is 10.9 Å². The number of Topliss-reactive ketones (excluding diaryl/α,β-unsaturated/α-hetero) is 2. The van der Waals surface area contributed by atoms with E-state index in [1.165, 1.54) is 25.7 Å². The highest BCUT2D eigenvalue weighted by atomic mass is 16.1. The minimum absolute atomic E-state index is 0.104. The summed E-state index contributed by atoms with van der Waals surface area (Å²) in [7, 11) is 6.27. The Hall–Kier alpha value is -2.73. The molecular formula is C31H44N4O2. The third-order valence-corrected chi connectivity index (χ3v) is 8.41. The maximum atomic E-state index is 13.6. The first kappa shape index (κ1) is 27.3. The summed E-state index contributed by atoms with van der Waals surface area (Å²) in [4.78, 5) is 31.1. The highest BCUT2D eigenvalue weighted by Crippen LogP contribution is 2.38. The van der Waals surface area contributed by atoms with Gasteiger partial charge in [-0.25, -0.2) is 0 Å². The average molecular weight is 505 g/mol. The van der Waals surface area contributed by atoms with Gasteiger partial charge in [-0.2, -0.15) is 5.10 Å². The highest BCUT2D eigenvalue weighted by molar-refractivity contribution is 6.07. The van der Waals surface area contributed by atoms with E-state index in [-0.39, 0.29) is 11.6 Å². The van der Waals surface area contributed by atoms with E-state index in [2.05, 4.69) is 48.9 Å². The van der Waals surface area contributed by atoms with Gasteiger partial charge in [-0.05, 0) is 103 Å². The number of ketones is 2. The number of fused-ring (bicyclic) bond motifs is 1. The predicted molar refractivity (Wildman–Crippen MR) is 152 cm³/mol. The highest BCUT2D eigenvalue weighted by Gasteiger charge is 2.29. The van der Waals surface area contributed by atoms with Gasteiger partial charge in [0, 0.05) is 50.0 Å². The fraction of sp³-hybridized carbons (Fsp3) is 0.581. The van der Waals surface area contributed by atoms with Gasteiger partial charge in [-0.15, -0.1) is 0 Å². The number of carbonyl (C=O) groups excluding carboxylic acids is 2. The van der Waals surface area contributed by atoms with E-state index < -0.39 is 0 Å². The molecule has 0 unspecified atom stereocenters. The van der Waals surface area contributed by atoms with Gasteiger partial charge < -0.3 is 9.80 Å². The Morgan fingerprint density at radius 2 is 1.84 bits per heavy atom. The maximum Gasteiger partial charge on any atom is 0.163 e. The molecule has 6 heteroatoms. The number of anilines is 1. The monoisotopic (exact) mass is 504 g/mol. The Labute approximate surface area is 222 Å². The van der Waals surface area contributed by atoms with Gasteiger partial charge in [0.2, 0.25) is 0 Å². The van der Waals surface area contributed by atoms with E-state index in [4.69, 9.17) is 0 Å². The van der Waals surface area contributed by atoms with Crippen LogP contribution in [0.3, 0.4) is 0 Å². The normalized spacial score (nSPS) is 20.6. The fourth-order valence-electron chi connectivity index (χ4n) is 6.59. The number of allylic oxidation sites excluding steroid dienone is 4. The summed E-state index contributed by atoms with van der Waals surface area (Å²) in [6.07, 6.45) is 10.2. The average Bonchev–Trinajstić information content (AvgIpc) is 3.20. The molecule has 200 valence electrons. The van der Waals surface area contributed by atoms with E-state index >= 15 is 0 Å². The molecule has 1 fully saturated rings. The van der Waals surface area contributed by atoms with Crippen LogP contribution in [0.5, 0.6) is 0 Å². The van der Waals surface area contributed by atoms with E-state index in [1.54, 1.807) is 0 Å². The maximum absolute atomic E-state index is 13.6. The smallest absolute Gasteiger partial charge is 0.163 e. The van der Waals surface area contributed by atoms with Crippen LogP contribution in [-0.4, -0.2) is 59.5 Å². The predicted octanol–water partition coefficient (Wildman–Crippen LogP) is 6.03. The zero-order valence-corrected chi connectivity index (χ0v) is 23.9. The van der Waals surface area contributed by atoms with Crippen LogP contribution in [0, 0.1) is 12.8 Å². The second kappa shape index (κ2) is 11.3. The second-order valence-corrected chi connectivity index (χ2v) is 11.5. The zero-order valence-electron chi connectivity index (χ0n) is 23.9. The summed E-state index contributed by atoms with van der Waals surface area (Å²) in [5.74, 6) is 1.02. The minimum Gasteiger partial charge on any atom is -0.368 e. The molecule has 0 spiro atoms. The van der Waals surface area contributed by atoms with Gasteiger partial charge in [-0.3, -0.25) is 14.3 Å². The first-order chi connectivity index (χ1) is 17.6. The molecule has 1 aromatic carbocycles. The number of nitrogens with zero attached hydrogens (tertiary/aromatic N) is 4. The quantitative estimate of drug-likeness (QED) is 0.391. The molecule has 0 N–H and O–H groups in total. The number of hydrogen-bond acceptors (Lipinski definition) is 5. The van der Waals surface area contributed by atoms with Crippen LogP contribution in [0.2, 0.25) is 0 Å². The molecule has 6 nitrogen and oxygen atoms in total. The molecule has 1 saturated carbocycles. The Balaban J connectivity index is 1.63. The first-order valence-corrected chi connectivity index (χ1v) is 13.9. The van der Waals surface area contributed by atoms with Crippen molar-refractivity contribution in [2.75, 3.05) is 32.1 Å². The lowest BCUT2D eigenvalue weighted by atomic mass is 9.84. The van der Waals surface area contributed by atoms with Crippen molar-refractivity contribution in [3.63, 3.8) is 0 Å². The van der Waals surface area contributed by atoms with E-state index in [0.717, 1.165) is 63.4 Å². The van der Waals surface area contributed by atoms with Gasteiger partial charge in [0.15, 0.2) is 11.6 Å². The number of rotatable bonds is 9. The van der Waals surface area contributed by atoms with Crippen molar-refractivity contribution in [2.24, 2.45) is 13.0 Å². The summed E-state index contributed by atoms with van der Waals surface area (Å²) < 4.78 is 1.88. The Morgan fingerprint density at radius 3 is 2.46 bits per heavy atom. The molecule has 2 aromatic rings. The van der Waals surface area contributed by atoms with E-state index in [1.807, 2.05) is 37.8 Å². The number of carbonyl (C=O) groups is 2. The molecule has 0 bridgehead atoms. The Morgan fingerprint density at radius 1 is 1.14 bits per heavy atom. The number of aryl methyl sites for hydroxylation is 1. The van der Waals surface area contributed by atoms with Crippen molar-refractivity contribution in [1.82, 2.24) is 14.7 Å². The number of hydrogen-bond donors (Lipinski definition) is 0. The third kappa shape index (κ3) is 5.74. The van der Waals surface area contributed by atoms with Crippen molar-refractivity contribution in [2.45, 2.75) is 78.7 Å². The van der Waals surface area contributed by atoms with Gasteiger partial charge in [0.1, 0.15) is 0 Å². The van der Waals surface area contributed by atoms with Crippen molar-refractivity contribution in [1.29, 1.82) is 0 Å². The lowest BCUT2D eigenvalue weighted by Gasteiger charge is -2.39. The number of aromatic nitrogens is 2. The molecule has 0 aliphatic heterocycles. The second-order valence-electron chi connectivity index (χ2n) is 11.5. The van der Waals surface area contributed by atoms with Gasteiger partial charge in [-0.1, -0.05) is 11.6 Å². The van der Waals surface area contributed by atoms with Gasteiger partial charge in [0.25, 0.3) is 0 Å². The topological polar surface area (TPSA) is 58.4 Å². The van der Waals surface area contributed by atoms with Crippen LogP contribution in [0.4, 0.5) is 5.69 Å². The molecule has 4 rings (SSSR count). The summed E-state index contributed by atoms with van der Waals surface area (Å²) in [6.45, 7) is 10.3. The van der Waals surface area contributed by atoms with E-state index in [0.29, 0.717) is 25.3 Å². The summed E-state index contributed by atoms with van der Waals surface area (Å²) >= 11 is 0. The van der Waals surface area contributed by atoms with Crippen molar-refractivity contribution < 1.29 is 9.59 Å². The molecule has 0 saturated heterocycles. The molecule has 1 aromatic heterocycles. The van der Waals surface area contributed by atoms with Crippen LogP contribution in [-0.2, 0) is 11.8 Å². The molecular weight excluding hydrogens is 460 g/mol. The van der Waals surface area contributed by atoms with Crippen molar-refractivity contribution in [3.8, 4) is 0 Å². The molecule has 2 aliphatic carbocycles. The Kier molecular flexibility index (Phi) is 8.37. The summed E-state index contributed by atoms with van der Waals surface area (Å²) in [5.41, 5.74) is 6.86.